The van der Waals surface area contributed by atoms with E-state index in [1.807, 2.05) is 30.0 Å². The predicted molar refractivity (Wildman–Crippen MR) is 126 cm³/mol. The topological polar surface area (TPSA) is 70.8 Å². The van der Waals surface area contributed by atoms with Crippen LogP contribution in [0.3, 0.4) is 0 Å². The van der Waals surface area contributed by atoms with Gasteiger partial charge in [0, 0.05) is 49.3 Å². The summed E-state index contributed by atoms with van der Waals surface area (Å²) in [5.41, 5.74) is 10.2. The van der Waals surface area contributed by atoms with Gasteiger partial charge >= 0.3 is 0 Å². The summed E-state index contributed by atoms with van der Waals surface area (Å²) in [6, 6.07) is 16.9. The summed E-state index contributed by atoms with van der Waals surface area (Å²) in [6.07, 6.45) is 4.26. The Morgan fingerprint density at radius 3 is 2.42 bits per heavy atom. The molecule has 1 aliphatic carbocycles. The van der Waals surface area contributed by atoms with Crippen molar-refractivity contribution in [3.8, 4) is 0 Å². The molecule has 2 aromatic carbocycles. The van der Waals surface area contributed by atoms with Gasteiger partial charge in [0.1, 0.15) is 6.61 Å². The molecule has 6 nitrogen and oxygen atoms in total. The number of nitrogens with one attached hydrogen (secondary N) is 1. The van der Waals surface area contributed by atoms with Gasteiger partial charge in [-0.25, -0.2) is 0 Å². The van der Waals surface area contributed by atoms with Gasteiger partial charge < -0.3 is 25.6 Å². The van der Waals surface area contributed by atoms with Crippen molar-refractivity contribution < 1.29 is 9.53 Å². The molecule has 1 saturated heterocycles. The van der Waals surface area contributed by atoms with Crippen LogP contribution in [0.15, 0.2) is 48.5 Å². The number of hydrogen-bond acceptors (Lipinski definition) is 5. The molecule has 31 heavy (non-hydrogen) atoms. The van der Waals surface area contributed by atoms with E-state index in [-0.39, 0.29) is 18.6 Å². The SMILES string of the molecule is Cc1cc(NC2CCC(OCC(=O)N3CCN(c4ccccc4)CC3)CC2)ccc1N. The molecule has 4 rings (SSSR count). The zero-order chi connectivity index (χ0) is 21.6. The molecule has 166 valence electrons. The van der Waals surface area contributed by atoms with E-state index in [0.717, 1.165) is 68.8 Å². The van der Waals surface area contributed by atoms with Gasteiger partial charge in [-0.1, -0.05) is 18.2 Å². The maximum absolute atomic E-state index is 12.6. The molecule has 0 atom stereocenters. The number of amides is 1. The van der Waals surface area contributed by atoms with E-state index < -0.39 is 0 Å². The van der Waals surface area contributed by atoms with E-state index in [0.29, 0.717) is 6.04 Å². The van der Waals surface area contributed by atoms with Crippen molar-refractivity contribution in [2.75, 3.05) is 48.7 Å². The minimum atomic E-state index is 0.116. The lowest BCUT2D eigenvalue weighted by atomic mass is 9.92. The second-order valence-corrected chi connectivity index (χ2v) is 8.70. The van der Waals surface area contributed by atoms with Gasteiger partial charge in [-0.05, 0) is 68.5 Å². The molecular formula is C25H34N4O2. The molecule has 1 amide bonds. The second-order valence-electron chi connectivity index (χ2n) is 8.70. The van der Waals surface area contributed by atoms with Gasteiger partial charge in [0.25, 0.3) is 0 Å². The summed E-state index contributed by atoms with van der Waals surface area (Å²) in [7, 11) is 0. The maximum atomic E-state index is 12.6. The fraction of sp³-hybridized carbons (Fsp3) is 0.480. The van der Waals surface area contributed by atoms with Gasteiger partial charge in [-0.15, -0.1) is 0 Å². The summed E-state index contributed by atoms with van der Waals surface area (Å²) in [4.78, 5) is 16.9. The third-order valence-corrected chi connectivity index (χ3v) is 6.51. The number of carbonyl (C=O) groups excluding carboxylic acids is 1. The van der Waals surface area contributed by atoms with Crippen LogP contribution in [0, 0.1) is 6.92 Å². The molecule has 0 aromatic heterocycles. The number of carbonyl (C=O) groups is 1. The van der Waals surface area contributed by atoms with Crippen LogP contribution in [0.1, 0.15) is 31.2 Å². The van der Waals surface area contributed by atoms with Crippen LogP contribution in [0.5, 0.6) is 0 Å². The van der Waals surface area contributed by atoms with E-state index in [1.165, 1.54) is 5.69 Å². The molecule has 1 heterocycles. The van der Waals surface area contributed by atoms with E-state index in [9.17, 15) is 4.79 Å². The number of nitrogens with two attached hydrogens (primary N) is 1. The zero-order valence-corrected chi connectivity index (χ0v) is 18.4. The number of aryl methyl sites for hydroxylation is 1. The van der Waals surface area contributed by atoms with Crippen LogP contribution in [-0.2, 0) is 9.53 Å². The monoisotopic (exact) mass is 422 g/mol. The average Bonchev–Trinajstić information content (AvgIpc) is 2.81. The number of nitrogens with zero attached hydrogens (tertiary/aromatic N) is 2. The Kier molecular flexibility index (Phi) is 6.97. The first-order valence-corrected chi connectivity index (χ1v) is 11.4. The molecule has 0 spiro atoms. The summed E-state index contributed by atoms with van der Waals surface area (Å²) < 4.78 is 5.99. The predicted octanol–water partition coefficient (Wildman–Crippen LogP) is 3.67. The standard InChI is InChI=1S/C25H34N4O2/c1-19-17-21(9-12-24(19)26)27-20-7-10-23(11-8-20)31-18-25(30)29-15-13-28(14-16-29)22-5-3-2-4-6-22/h2-6,9,12,17,20,23,27H,7-8,10-11,13-16,18,26H2,1H3. The average molecular weight is 423 g/mol. The highest BCUT2D eigenvalue weighted by Gasteiger charge is 2.25. The van der Waals surface area contributed by atoms with Gasteiger partial charge in [-0.3, -0.25) is 4.79 Å². The fourth-order valence-electron chi connectivity index (χ4n) is 4.51. The number of para-hydroxylation sites is 1. The largest absolute Gasteiger partial charge is 0.399 e. The Balaban J connectivity index is 1.15. The third-order valence-electron chi connectivity index (χ3n) is 6.51. The van der Waals surface area contributed by atoms with Crippen molar-refractivity contribution >= 4 is 23.0 Å². The molecule has 2 aliphatic rings. The Morgan fingerprint density at radius 2 is 1.74 bits per heavy atom. The Morgan fingerprint density at radius 1 is 1.03 bits per heavy atom. The molecule has 2 fully saturated rings. The molecule has 2 aromatic rings. The van der Waals surface area contributed by atoms with E-state index >= 15 is 0 Å². The van der Waals surface area contributed by atoms with Crippen LogP contribution in [0.4, 0.5) is 17.1 Å². The first-order valence-electron chi connectivity index (χ1n) is 11.4. The smallest absolute Gasteiger partial charge is 0.248 e. The van der Waals surface area contributed by atoms with E-state index in [1.54, 1.807) is 0 Å². The highest BCUT2D eigenvalue weighted by atomic mass is 16.5. The highest BCUT2D eigenvalue weighted by Crippen LogP contribution is 2.26. The summed E-state index contributed by atoms with van der Waals surface area (Å²) in [5, 5.41) is 3.61. The number of nitrogen functional groups attached to an aromatic ring is 1. The molecule has 3 N–H and O–H groups in total. The van der Waals surface area contributed by atoms with Crippen molar-refractivity contribution in [1.29, 1.82) is 0 Å². The summed E-state index contributed by atoms with van der Waals surface area (Å²) in [6.45, 7) is 5.49. The van der Waals surface area contributed by atoms with Crippen LogP contribution >= 0.6 is 0 Å². The minimum absolute atomic E-state index is 0.116. The molecule has 0 unspecified atom stereocenters. The van der Waals surface area contributed by atoms with Crippen LogP contribution < -0.4 is 16.0 Å². The Bertz CT molecular complexity index is 857. The van der Waals surface area contributed by atoms with Gasteiger partial charge in [-0.2, -0.15) is 0 Å². The quantitative estimate of drug-likeness (QED) is 0.695. The van der Waals surface area contributed by atoms with E-state index in [4.69, 9.17) is 10.5 Å². The fourth-order valence-corrected chi connectivity index (χ4v) is 4.51. The van der Waals surface area contributed by atoms with Crippen molar-refractivity contribution in [2.24, 2.45) is 0 Å². The van der Waals surface area contributed by atoms with Crippen LogP contribution in [0.2, 0.25) is 0 Å². The lowest BCUT2D eigenvalue weighted by Crippen LogP contribution is -2.50. The first-order chi connectivity index (χ1) is 15.1. The van der Waals surface area contributed by atoms with Gasteiger partial charge in [0.2, 0.25) is 5.91 Å². The number of piperazine rings is 1. The first kappa shape index (κ1) is 21.5. The molecule has 1 saturated carbocycles. The lowest BCUT2D eigenvalue weighted by Gasteiger charge is -2.36. The Labute approximate surface area is 185 Å². The lowest BCUT2D eigenvalue weighted by molar-refractivity contribution is -0.139. The number of hydrogen-bond donors (Lipinski definition) is 2. The maximum Gasteiger partial charge on any atom is 0.248 e. The van der Waals surface area contributed by atoms with E-state index in [2.05, 4.69) is 40.5 Å². The van der Waals surface area contributed by atoms with Crippen molar-refractivity contribution in [3.63, 3.8) is 0 Å². The number of benzene rings is 2. The third kappa shape index (κ3) is 5.70. The van der Waals surface area contributed by atoms with Crippen molar-refractivity contribution in [2.45, 2.75) is 44.8 Å². The van der Waals surface area contributed by atoms with Gasteiger partial charge in [0.05, 0.1) is 6.10 Å². The number of rotatable bonds is 6. The summed E-state index contributed by atoms with van der Waals surface area (Å²) >= 11 is 0. The molecule has 6 heteroatoms. The second kappa shape index (κ2) is 10.1. The van der Waals surface area contributed by atoms with Crippen LogP contribution in [-0.4, -0.2) is 55.7 Å². The number of ether oxygens (including phenoxy) is 1. The Hall–Kier alpha value is -2.73. The van der Waals surface area contributed by atoms with Crippen LogP contribution in [0.25, 0.3) is 0 Å². The summed E-state index contributed by atoms with van der Waals surface area (Å²) in [5.74, 6) is 0.116. The van der Waals surface area contributed by atoms with Crippen molar-refractivity contribution in [3.05, 3.63) is 54.1 Å². The normalized spacial score (nSPS) is 21.7. The molecule has 0 radical (unpaired) electrons. The zero-order valence-electron chi connectivity index (χ0n) is 18.4. The van der Waals surface area contributed by atoms with Crippen molar-refractivity contribution in [1.82, 2.24) is 4.90 Å². The van der Waals surface area contributed by atoms with Gasteiger partial charge in [0.15, 0.2) is 0 Å². The molecular weight excluding hydrogens is 388 g/mol. The highest BCUT2D eigenvalue weighted by molar-refractivity contribution is 5.77. The molecule has 0 bridgehead atoms. The minimum Gasteiger partial charge on any atom is -0.399 e. The number of anilines is 3. The molecule has 1 aliphatic heterocycles.